The molecule has 0 unspecified atom stereocenters. The molecule has 13 heavy (non-hydrogen) atoms. The minimum atomic E-state index is 0.748. The van der Waals surface area contributed by atoms with Gasteiger partial charge < -0.3 is 5.41 Å². The highest BCUT2D eigenvalue weighted by molar-refractivity contribution is 6.30. The predicted molar refractivity (Wildman–Crippen MR) is 57.7 cm³/mol. The fourth-order valence-corrected chi connectivity index (χ4v) is 1.33. The number of benzene rings is 1. The van der Waals surface area contributed by atoms with Crippen LogP contribution >= 0.6 is 11.6 Å². The number of hydrogen-bond acceptors (Lipinski definition) is 1. The molecule has 1 rings (SSSR count). The Morgan fingerprint density at radius 3 is 2.85 bits per heavy atom. The second-order valence-corrected chi connectivity index (χ2v) is 3.25. The van der Waals surface area contributed by atoms with Crippen LogP contribution in [0.1, 0.15) is 12.5 Å². The van der Waals surface area contributed by atoms with Crippen LogP contribution in [0.25, 0.3) is 0 Å². The van der Waals surface area contributed by atoms with Gasteiger partial charge in [0.25, 0.3) is 0 Å². The molecular formula is C11H12ClN. The quantitative estimate of drug-likeness (QED) is 0.711. The maximum atomic E-state index is 7.14. The highest BCUT2D eigenvalue weighted by atomic mass is 35.5. The van der Waals surface area contributed by atoms with Crippen molar-refractivity contribution in [2.24, 2.45) is 0 Å². The van der Waals surface area contributed by atoms with E-state index in [4.69, 9.17) is 17.0 Å². The van der Waals surface area contributed by atoms with Crippen molar-refractivity contribution in [3.8, 4) is 0 Å². The molecule has 0 aliphatic rings. The summed E-state index contributed by atoms with van der Waals surface area (Å²) in [6, 6.07) is 7.72. The standard InChI is InChI=1S/C11H12ClN/c1-2-9(8-13)6-10-4-3-5-11(12)7-10/h2-5,7-8,13H,6H2,1H3/b9-2-,13-8?. The lowest BCUT2D eigenvalue weighted by molar-refractivity contribution is 1.21. The maximum absolute atomic E-state index is 7.14. The van der Waals surface area contributed by atoms with Gasteiger partial charge in [0.05, 0.1) is 0 Å². The van der Waals surface area contributed by atoms with E-state index in [-0.39, 0.29) is 0 Å². The Kier molecular flexibility index (Phi) is 3.71. The van der Waals surface area contributed by atoms with Crippen LogP contribution in [0.5, 0.6) is 0 Å². The van der Waals surface area contributed by atoms with Crippen molar-refractivity contribution < 1.29 is 0 Å². The van der Waals surface area contributed by atoms with E-state index in [0.29, 0.717) is 0 Å². The van der Waals surface area contributed by atoms with Crippen LogP contribution < -0.4 is 0 Å². The van der Waals surface area contributed by atoms with Crippen molar-refractivity contribution in [1.82, 2.24) is 0 Å². The van der Waals surface area contributed by atoms with Crippen LogP contribution in [0, 0.1) is 5.41 Å². The van der Waals surface area contributed by atoms with E-state index in [9.17, 15) is 0 Å². The van der Waals surface area contributed by atoms with Crippen molar-refractivity contribution in [1.29, 1.82) is 5.41 Å². The van der Waals surface area contributed by atoms with Crippen molar-refractivity contribution >= 4 is 17.8 Å². The lowest BCUT2D eigenvalue weighted by atomic mass is 10.1. The van der Waals surface area contributed by atoms with Gasteiger partial charge in [-0.1, -0.05) is 29.8 Å². The summed E-state index contributed by atoms with van der Waals surface area (Å²) in [5, 5.41) is 7.88. The number of hydrogen-bond donors (Lipinski definition) is 1. The Labute approximate surface area is 83.6 Å². The van der Waals surface area contributed by atoms with Gasteiger partial charge in [0.2, 0.25) is 0 Å². The Hall–Kier alpha value is -1.08. The van der Waals surface area contributed by atoms with E-state index in [1.807, 2.05) is 37.3 Å². The molecule has 0 spiro atoms. The SMILES string of the molecule is C/C=C(\C=N)Cc1cccc(Cl)c1. The van der Waals surface area contributed by atoms with Crippen LogP contribution in [-0.4, -0.2) is 6.21 Å². The number of halogens is 1. The van der Waals surface area contributed by atoms with Gasteiger partial charge in [-0.3, -0.25) is 0 Å². The van der Waals surface area contributed by atoms with E-state index in [1.54, 1.807) is 0 Å². The molecule has 1 N–H and O–H groups in total. The van der Waals surface area contributed by atoms with Crippen LogP contribution in [0.2, 0.25) is 5.02 Å². The van der Waals surface area contributed by atoms with Crippen LogP contribution in [-0.2, 0) is 6.42 Å². The highest BCUT2D eigenvalue weighted by Crippen LogP contribution is 2.13. The molecule has 0 aliphatic heterocycles. The average Bonchev–Trinajstić information content (AvgIpc) is 2.14. The summed E-state index contributed by atoms with van der Waals surface area (Å²) >= 11 is 5.84. The summed E-state index contributed by atoms with van der Waals surface area (Å²) in [4.78, 5) is 0. The molecule has 0 atom stereocenters. The smallest absolute Gasteiger partial charge is 0.0408 e. The number of rotatable bonds is 3. The lowest BCUT2D eigenvalue weighted by Crippen LogP contribution is -1.90. The molecular weight excluding hydrogens is 182 g/mol. The molecule has 0 saturated heterocycles. The van der Waals surface area contributed by atoms with Gasteiger partial charge in [-0.15, -0.1) is 0 Å². The molecule has 2 heteroatoms. The van der Waals surface area contributed by atoms with Crippen LogP contribution in [0.4, 0.5) is 0 Å². The molecule has 0 bridgehead atoms. The minimum Gasteiger partial charge on any atom is -0.308 e. The normalized spacial score (nSPS) is 11.4. The lowest BCUT2D eigenvalue weighted by Gasteiger charge is -2.01. The molecule has 1 nitrogen and oxygen atoms in total. The first-order valence-electron chi connectivity index (χ1n) is 4.16. The van der Waals surface area contributed by atoms with Crippen molar-refractivity contribution in [2.45, 2.75) is 13.3 Å². The van der Waals surface area contributed by atoms with Gasteiger partial charge in [-0.05, 0) is 36.6 Å². The largest absolute Gasteiger partial charge is 0.308 e. The monoisotopic (exact) mass is 193 g/mol. The van der Waals surface area contributed by atoms with E-state index >= 15 is 0 Å². The van der Waals surface area contributed by atoms with Gasteiger partial charge >= 0.3 is 0 Å². The first-order valence-corrected chi connectivity index (χ1v) is 4.54. The highest BCUT2D eigenvalue weighted by Gasteiger charge is 1.96. The molecule has 0 aromatic heterocycles. The van der Waals surface area contributed by atoms with E-state index < -0.39 is 0 Å². The Bertz CT molecular complexity index is 329. The Morgan fingerprint density at radius 2 is 2.31 bits per heavy atom. The first-order chi connectivity index (χ1) is 6.26. The second kappa shape index (κ2) is 4.83. The Morgan fingerprint density at radius 1 is 1.54 bits per heavy atom. The second-order valence-electron chi connectivity index (χ2n) is 2.81. The molecule has 0 radical (unpaired) electrons. The summed E-state index contributed by atoms with van der Waals surface area (Å²) < 4.78 is 0. The van der Waals surface area contributed by atoms with Gasteiger partial charge in [0, 0.05) is 11.2 Å². The zero-order chi connectivity index (χ0) is 9.68. The van der Waals surface area contributed by atoms with E-state index in [1.165, 1.54) is 6.21 Å². The van der Waals surface area contributed by atoms with Crippen molar-refractivity contribution in [2.75, 3.05) is 0 Å². The maximum Gasteiger partial charge on any atom is 0.0408 e. The molecule has 1 aromatic rings. The number of allylic oxidation sites excluding steroid dienone is 2. The van der Waals surface area contributed by atoms with E-state index in [2.05, 4.69) is 0 Å². The molecule has 0 amide bonds. The minimum absolute atomic E-state index is 0.748. The molecule has 0 fully saturated rings. The summed E-state index contributed by atoms with van der Waals surface area (Å²) in [5.41, 5.74) is 2.14. The summed E-state index contributed by atoms with van der Waals surface area (Å²) in [6.45, 7) is 1.94. The molecule has 0 saturated carbocycles. The molecule has 0 aliphatic carbocycles. The zero-order valence-electron chi connectivity index (χ0n) is 7.55. The van der Waals surface area contributed by atoms with Gasteiger partial charge in [-0.2, -0.15) is 0 Å². The third-order valence-electron chi connectivity index (χ3n) is 1.85. The van der Waals surface area contributed by atoms with Gasteiger partial charge in [-0.25, -0.2) is 0 Å². The fourth-order valence-electron chi connectivity index (χ4n) is 1.12. The predicted octanol–water partition coefficient (Wildman–Crippen LogP) is 3.48. The summed E-state index contributed by atoms with van der Waals surface area (Å²) in [5.74, 6) is 0. The Balaban J connectivity index is 2.79. The van der Waals surface area contributed by atoms with Gasteiger partial charge in [0.15, 0.2) is 0 Å². The third kappa shape index (κ3) is 3.03. The number of nitrogens with one attached hydrogen (secondary N) is 1. The van der Waals surface area contributed by atoms with Gasteiger partial charge in [0.1, 0.15) is 0 Å². The summed E-state index contributed by atoms with van der Waals surface area (Å²) in [7, 11) is 0. The molecule has 1 aromatic carbocycles. The average molecular weight is 194 g/mol. The third-order valence-corrected chi connectivity index (χ3v) is 2.09. The van der Waals surface area contributed by atoms with Crippen molar-refractivity contribution in [3.63, 3.8) is 0 Å². The molecule has 0 heterocycles. The molecule has 68 valence electrons. The zero-order valence-corrected chi connectivity index (χ0v) is 8.31. The van der Waals surface area contributed by atoms with Crippen LogP contribution in [0.15, 0.2) is 35.9 Å². The van der Waals surface area contributed by atoms with Crippen molar-refractivity contribution in [3.05, 3.63) is 46.5 Å². The van der Waals surface area contributed by atoms with Crippen LogP contribution in [0.3, 0.4) is 0 Å². The van der Waals surface area contributed by atoms with E-state index in [0.717, 1.165) is 22.6 Å². The fraction of sp³-hybridized carbons (Fsp3) is 0.182. The first kappa shape index (κ1) is 10.0. The topological polar surface area (TPSA) is 23.9 Å². The summed E-state index contributed by atoms with van der Waals surface area (Å²) in [6.07, 6.45) is 4.09.